The second kappa shape index (κ2) is 58.1. The molecule has 0 spiro atoms. The number of likely N-dealkylation sites (N-methyl/N-ethyl adjacent to an activating group) is 2. The monoisotopic (exact) mass is 1790 g/mol. The van der Waals surface area contributed by atoms with Crippen molar-refractivity contribution >= 4 is 81.9 Å². The van der Waals surface area contributed by atoms with Gasteiger partial charge in [0.2, 0.25) is 53.2 Å². The zero-order chi connectivity index (χ0) is 93.7. The van der Waals surface area contributed by atoms with Gasteiger partial charge in [-0.2, -0.15) is 0 Å². The van der Waals surface area contributed by atoms with Gasteiger partial charge in [0.05, 0.1) is 141 Å². The van der Waals surface area contributed by atoms with Gasteiger partial charge >= 0.3 is 12.1 Å². The number of hydrogen-bond donors (Lipinski definition) is 12. The number of carbonyl (C=O) groups excluding carboxylic acids is 11. The van der Waals surface area contributed by atoms with Crippen LogP contribution in [0.1, 0.15) is 144 Å². The number of hydrazine groups is 1. The fraction of sp³-hybridized carbons (Fsp3) is 0.656. The van der Waals surface area contributed by atoms with E-state index in [9.17, 15) is 63.0 Å². The van der Waals surface area contributed by atoms with E-state index < -0.39 is 144 Å². The molecule has 1 saturated heterocycles. The van der Waals surface area contributed by atoms with Crippen molar-refractivity contribution in [3.05, 3.63) is 102 Å². The van der Waals surface area contributed by atoms with E-state index in [0.29, 0.717) is 95.4 Å². The van der Waals surface area contributed by atoms with Crippen LogP contribution in [0.5, 0.6) is 0 Å². The summed E-state index contributed by atoms with van der Waals surface area (Å²) in [5.41, 5.74) is 11.9. The van der Waals surface area contributed by atoms with Gasteiger partial charge in [-0.15, -0.1) is 0 Å². The highest BCUT2D eigenvalue weighted by atomic mass is 16.6. The minimum Gasteiger partial charge on any atom is -0.445 e. The Morgan fingerprint density at radius 2 is 1.19 bits per heavy atom. The highest BCUT2D eigenvalue weighted by Gasteiger charge is 2.44. The molecule has 12 amide bonds. The molecule has 37 nitrogen and oxygen atoms in total. The van der Waals surface area contributed by atoms with E-state index >= 15 is 0 Å². The molecule has 4 aromatic rings. The molecule has 127 heavy (non-hydrogen) atoms. The van der Waals surface area contributed by atoms with E-state index in [4.69, 9.17) is 48.4 Å². The molecule has 1 aromatic heterocycles. The topological polar surface area (TPSA) is 463 Å². The van der Waals surface area contributed by atoms with E-state index in [0.717, 1.165) is 16.6 Å². The molecule has 37 heteroatoms. The molecule has 13 atom stereocenters. The van der Waals surface area contributed by atoms with Crippen LogP contribution in [0.3, 0.4) is 0 Å². The van der Waals surface area contributed by atoms with Crippen LogP contribution in [0.4, 0.5) is 15.3 Å². The van der Waals surface area contributed by atoms with Gasteiger partial charge in [-0.3, -0.25) is 53.5 Å². The van der Waals surface area contributed by atoms with Crippen molar-refractivity contribution in [2.24, 2.45) is 35.3 Å². The molecule has 1 fully saturated rings. The Labute approximate surface area is 748 Å². The number of benzene rings is 3. The van der Waals surface area contributed by atoms with Crippen molar-refractivity contribution in [1.29, 1.82) is 0 Å². The summed E-state index contributed by atoms with van der Waals surface area (Å²) in [4.78, 5) is 154. The lowest BCUT2D eigenvalue weighted by Crippen LogP contribution is -2.60. The quantitative estimate of drug-likeness (QED) is 0.0217. The molecule has 0 bridgehead atoms. The van der Waals surface area contributed by atoms with Crippen LogP contribution < -0.4 is 53.7 Å². The number of anilines is 1. The number of amides is 12. The van der Waals surface area contributed by atoms with Crippen LogP contribution in [-0.4, -0.2) is 308 Å². The zero-order valence-electron chi connectivity index (χ0n) is 77.3. The lowest BCUT2D eigenvalue weighted by molar-refractivity contribution is -0.148. The average Bonchev–Trinajstić information content (AvgIpc) is 1.68. The summed E-state index contributed by atoms with van der Waals surface area (Å²) in [6, 6.07) is 17.5. The van der Waals surface area contributed by atoms with Gasteiger partial charge < -0.3 is 115 Å². The Kier molecular flexibility index (Phi) is 49.4. The molecule has 712 valence electrons. The number of methoxy groups -OCH3 is 2. The molecule has 5 rings (SSSR count). The lowest BCUT2D eigenvalue weighted by atomic mass is 9.89. The molecule has 1 aliphatic heterocycles. The summed E-state index contributed by atoms with van der Waals surface area (Å²) >= 11 is 0. The van der Waals surface area contributed by atoms with Gasteiger partial charge in [0.15, 0.2) is 0 Å². The van der Waals surface area contributed by atoms with Gasteiger partial charge in [0, 0.05) is 91.3 Å². The molecule has 3 aromatic carbocycles. The van der Waals surface area contributed by atoms with Crippen LogP contribution in [0.25, 0.3) is 10.9 Å². The van der Waals surface area contributed by atoms with Crippen LogP contribution >= 0.6 is 0 Å². The van der Waals surface area contributed by atoms with E-state index in [1.807, 2.05) is 75.4 Å². The second-order valence-corrected chi connectivity index (χ2v) is 33.0. The third-order valence-corrected chi connectivity index (χ3v) is 22.5. The maximum Gasteiger partial charge on any atom is 0.410 e. The number of primary amides is 1. The SMILES string of the molecule is CCC(C)[C@@H]([C@@H](CC(=O)N1CCC[C@H]1[C@H](OC)[C@@H](C)C(=O)N[C@H](C)[C@@H](O)c1ccccc1)OC)N(C)C(=O)[C@@H](NC(=O)[C@H](C(C)C)N(C)C(=O)OCc1ccc(NC(=O)[C@H](CCCNC(N)=O)NC(=O)[C@@H](NC(=O)CCOCCOCCOCCOCCOCCOCCNC(=O)[C@H](CO)NC(=O)CCn2c(CN(C)NC)cc3ccccc32)C(C)C)cc1)C(C)C. The number of fused-ring (bicyclic) bond motifs is 1. The number of aryl methyl sites for hydroxylation is 1. The third kappa shape index (κ3) is 36.5. The van der Waals surface area contributed by atoms with E-state index in [1.54, 1.807) is 109 Å². The first-order valence-corrected chi connectivity index (χ1v) is 44.2. The summed E-state index contributed by atoms with van der Waals surface area (Å²) in [5, 5.41) is 45.9. The Bertz CT molecular complexity index is 3990. The van der Waals surface area contributed by atoms with Gasteiger partial charge in [-0.05, 0) is 104 Å². The van der Waals surface area contributed by atoms with Crippen molar-refractivity contribution in [2.75, 3.05) is 153 Å². The molecule has 2 heterocycles. The van der Waals surface area contributed by atoms with E-state index in [-0.39, 0.29) is 115 Å². The van der Waals surface area contributed by atoms with Gasteiger partial charge in [0.25, 0.3) is 0 Å². The fourth-order valence-corrected chi connectivity index (χ4v) is 15.1. The number of para-hydroxylation sites is 1. The van der Waals surface area contributed by atoms with Crippen LogP contribution in [-0.2, 0) is 105 Å². The first-order chi connectivity index (χ1) is 60.7. The maximum absolute atomic E-state index is 14.9. The summed E-state index contributed by atoms with van der Waals surface area (Å²) in [6.07, 6.45) is -1.13. The van der Waals surface area contributed by atoms with Crippen molar-refractivity contribution < 1.29 is 106 Å². The first kappa shape index (κ1) is 108. The van der Waals surface area contributed by atoms with Crippen LogP contribution in [0, 0.1) is 29.6 Å². The third-order valence-electron chi connectivity index (χ3n) is 22.5. The smallest absolute Gasteiger partial charge is 0.410 e. The normalized spacial score (nSPS) is 15.7. The zero-order valence-corrected chi connectivity index (χ0v) is 77.3. The molecule has 0 saturated carbocycles. The predicted molar refractivity (Wildman–Crippen MR) is 478 cm³/mol. The van der Waals surface area contributed by atoms with Gasteiger partial charge in [-0.25, -0.2) is 14.6 Å². The van der Waals surface area contributed by atoms with Crippen LogP contribution in [0.2, 0.25) is 0 Å². The fourth-order valence-electron chi connectivity index (χ4n) is 15.1. The number of aliphatic hydroxyl groups is 2. The van der Waals surface area contributed by atoms with E-state index in [1.165, 1.54) is 26.2 Å². The number of likely N-dealkylation sites (tertiary alicyclic amines) is 1. The maximum atomic E-state index is 14.9. The molecular formula is C90H145N15O22. The minimum absolute atomic E-state index is 0.0342. The number of nitrogens with two attached hydrogens (primary N) is 1. The number of aromatic nitrogens is 1. The standard InChI is InChI=1S/C90H145N15O22/c1-17-61(8)80(73(119-15)54-76(109)105-39-24-30-72(105)82(120-16)62(9)83(111)95-63(10)81(110)65-25-19-18-20-26-65)102(13)88(116)78(59(4)5)100-87(115)79(60(6)7)103(14)90(118)127-57-64-31-33-67(34-32-64)96-85(113)69(28-23-37-94-89(91)117)98-86(114)77(58(2)3)99-75(108)36-41-121-43-45-123-47-49-125-51-52-126-50-48-124-46-44-122-42-38-93-84(112)70(56-106)97-74(107)35-40-104-68(55-101(12)92-11)53-66-27-21-22-29-71(66)104/h18-22,25-27,29,31-34,53,58-63,69-70,72-73,77-82,92,106,110H,17,23-24,28,30,35-52,54-57H2,1-16H3,(H,93,112)(H,95,111)(H,96,113)(H,97,107)(H,98,114)(H,99,108)(H,100,115)(H3,91,94,117)/t61?,62-,63-,69+,70+,72+,73-,77+,78+,79+,80+,81-,82-/m1/s1. The molecule has 0 radical (unpaired) electrons. The highest BCUT2D eigenvalue weighted by Crippen LogP contribution is 2.31. The molecular weight excluding hydrogens is 1640 g/mol. The number of rotatable bonds is 62. The van der Waals surface area contributed by atoms with Crippen LogP contribution in [0.15, 0.2) is 84.9 Å². The van der Waals surface area contributed by atoms with Gasteiger partial charge in [-0.1, -0.05) is 129 Å². The van der Waals surface area contributed by atoms with Crippen molar-refractivity contribution in [3.8, 4) is 0 Å². The van der Waals surface area contributed by atoms with Crippen molar-refractivity contribution in [1.82, 2.24) is 66.9 Å². The van der Waals surface area contributed by atoms with Crippen molar-refractivity contribution in [3.63, 3.8) is 0 Å². The number of nitrogens with zero attached hydrogens (tertiary/aromatic N) is 5. The molecule has 13 N–H and O–H groups in total. The number of hydrogen-bond acceptors (Lipinski definition) is 24. The Hall–Kier alpha value is -9.51. The molecule has 0 aliphatic carbocycles. The van der Waals surface area contributed by atoms with Crippen molar-refractivity contribution in [2.45, 2.75) is 207 Å². The predicted octanol–water partition coefficient (Wildman–Crippen LogP) is 4.29. The number of carbonyl (C=O) groups is 11. The summed E-state index contributed by atoms with van der Waals surface area (Å²) in [6.45, 7) is 22.1. The minimum atomic E-state index is -1.14. The van der Waals surface area contributed by atoms with E-state index in [2.05, 4.69) is 58.6 Å². The lowest BCUT2D eigenvalue weighted by Gasteiger charge is -2.41. The summed E-state index contributed by atoms with van der Waals surface area (Å²) < 4.78 is 53.3. The first-order valence-electron chi connectivity index (χ1n) is 44.2. The summed E-state index contributed by atoms with van der Waals surface area (Å²) in [7, 11) is 9.83. The van der Waals surface area contributed by atoms with Gasteiger partial charge in [0.1, 0.15) is 36.8 Å². The Morgan fingerprint density at radius 3 is 1.76 bits per heavy atom. The second-order valence-electron chi connectivity index (χ2n) is 33.0. The number of urea groups is 1. The number of aliphatic hydroxyl groups excluding tert-OH is 2. The molecule has 1 unspecified atom stereocenters. The number of nitrogens with one attached hydrogen (secondary N) is 9. The number of ether oxygens (including phenoxy) is 9. The Morgan fingerprint density at radius 1 is 0.598 bits per heavy atom. The average molecular weight is 1790 g/mol. The Balaban J connectivity index is 0.980. The summed E-state index contributed by atoms with van der Waals surface area (Å²) in [5.74, 6) is -6.36. The largest absolute Gasteiger partial charge is 0.445 e. The molecule has 1 aliphatic rings. The highest BCUT2D eigenvalue weighted by molar-refractivity contribution is 5.99.